The molecule has 1 N–H and O–H groups in total. The van der Waals surface area contributed by atoms with Crippen molar-refractivity contribution in [3.05, 3.63) is 47.3 Å². The summed E-state index contributed by atoms with van der Waals surface area (Å²) in [6.45, 7) is 1.45. The molecule has 0 saturated heterocycles. The van der Waals surface area contributed by atoms with Gasteiger partial charge >= 0.3 is 12.1 Å². The lowest BCUT2D eigenvalue weighted by molar-refractivity contribution is -0.143. The molecule has 1 amide bonds. The van der Waals surface area contributed by atoms with E-state index in [9.17, 15) is 22.8 Å². The smallest absolute Gasteiger partial charge is 0.434 e. The normalized spacial score (nSPS) is 14.2. The first-order valence-electron chi connectivity index (χ1n) is 8.05. The number of esters is 1. The number of carbonyl (C=O) groups excluding carboxylic acids is 2. The number of nitrogens with zero attached hydrogens (tertiary/aromatic N) is 2. The van der Waals surface area contributed by atoms with Gasteiger partial charge in [-0.3, -0.25) is 4.79 Å². The fourth-order valence-electron chi connectivity index (χ4n) is 2.43. The highest BCUT2D eigenvalue weighted by atomic mass is 19.4. The molecule has 0 atom stereocenters. The van der Waals surface area contributed by atoms with Crippen molar-refractivity contribution in [2.45, 2.75) is 32.0 Å². The maximum absolute atomic E-state index is 13.5. The first-order valence-corrected chi connectivity index (χ1v) is 8.05. The van der Waals surface area contributed by atoms with Gasteiger partial charge in [-0.1, -0.05) is 0 Å². The van der Waals surface area contributed by atoms with E-state index in [1.54, 1.807) is 0 Å². The molecular formula is C17H16F3N3O3. The summed E-state index contributed by atoms with van der Waals surface area (Å²) in [5.41, 5.74) is -1.45. The van der Waals surface area contributed by atoms with Gasteiger partial charge in [-0.15, -0.1) is 0 Å². The highest BCUT2D eigenvalue weighted by Crippen LogP contribution is 2.34. The molecule has 1 saturated carbocycles. The lowest BCUT2D eigenvalue weighted by Crippen LogP contribution is -2.25. The van der Waals surface area contributed by atoms with E-state index in [1.165, 1.54) is 31.2 Å². The summed E-state index contributed by atoms with van der Waals surface area (Å²) in [7, 11) is 0. The van der Waals surface area contributed by atoms with E-state index in [4.69, 9.17) is 0 Å². The summed E-state index contributed by atoms with van der Waals surface area (Å²) in [5, 5.41) is 6.48. The van der Waals surface area contributed by atoms with E-state index in [-0.39, 0.29) is 24.2 Å². The molecule has 1 aliphatic carbocycles. The minimum Gasteiger partial charge on any atom is -0.462 e. The van der Waals surface area contributed by atoms with Crippen LogP contribution in [0.2, 0.25) is 0 Å². The lowest BCUT2D eigenvalue weighted by atomic mass is 10.2. The van der Waals surface area contributed by atoms with E-state index >= 15 is 0 Å². The first kappa shape index (κ1) is 18.0. The molecule has 6 nitrogen and oxygen atoms in total. The second kappa shape index (κ2) is 6.81. The molecule has 26 heavy (non-hydrogen) atoms. The number of hydrogen-bond donors (Lipinski definition) is 1. The zero-order valence-electron chi connectivity index (χ0n) is 13.8. The summed E-state index contributed by atoms with van der Waals surface area (Å²) in [5.74, 6) is -1.37. The molecule has 138 valence electrons. The van der Waals surface area contributed by atoms with Crippen molar-refractivity contribution in [1.82, 2.24) is 15.1 Å². The van der Waals surface area contributed by atoms with E-state index in [0.717, 1.165) is 19.0 Å². The number of benzene rings is 1. The zero-order valence-corrected chi connectivity index (χ0v) is 13.8. The van der Waals surface area contributed by atoms with Gasteiger partial charge in [0.25, 0.3) is 5.91 Å². The Morgan fingerprint density at radius 3 is 2.46 bits per heavy atom. The maximum Gasteiger partial charge on any atom is 0.434 e. The minimum absolute atomic E-state index is 0.0495. The molecule has 0 spiro atoms. The van der Waals surface area contributed by atoms with E-state index in [2.05, 4.69) is 15.2 Å². The second-order valence-corrected chi connectivity index (χ2v) is 5.83. The van der Waals surface area contributed by atoms with E-state index in [1.807, 2.05) is 0 Å². The molecule has 0 aliphatic heterocycles. The minimum atomic E-state index is -4.80. The Labute approximate surface area is 146 Å². The van der Waals surface area contributed by atoms with Crippen LogP contribution in [0.1, 0.15) is 46.2 Å². The lowest BCUT2D eigenvalue weighted by Gasteiger charge is -2.13. The standard InChI is InChI=1S/C17H16F3N3O3/c1-2-26-16(25)13-9-21-23(14(13)17(18,19)20)12-7-3-10(4-8-12)15(24)22-11-5-6-11/h3-4,7-9,11H,2,5-6H2,1H3,(H,22,24). The summed E-state index contributed by atoms with van der Waals surface area (Å²) in [4.78, 5) is 23.7. The Hall–Kier alpha value is -2.84. The number of halogens is 3. The molecule has 0 bridgehead atoms. The topological polar surface area (TPSA) is 73.2 Å². The number of rotatable bonds is 5. The van der Waals surface area contributed by atoms with Crippen LogP contribution in [0.3, 0.4) is 0 Å². The molecule has 0 radical (unpaired) electrons. The van der Waals surface area contributed by atoms with Crippen LogP contribution >= 0.6 is 0 Å². The molecule has 1 fully saturated rings. The molecule has 1 aliphatic rings. The van der Waals surface area contributed by atoms with Gasteiger partial charge in [0.15, 0.2) is 5.69 Å². The SMILES string of the molecule is CCOC(=O)c1cnn(-c2ccc(C(=O)NC3CC3)cc2)c1C(F)(F)F. The summed E-state index contributed by atoms with van der Waals surface area (Å²) in [6, 6.07) is 5.70. The Morgan fingerprint density at radius 1 is 1.27 bits per heavy atom. The largest absolute Gasteiger partial charge is 0.462 e. The zero-order chi connectivity index (χ0) is 18.9. The number of aromatic nitrogens is 2. The van der Waals surface area contributed by atoms with Crippen LogP contribution < -0.4 is 5.32 Å². The van der Waals surface area contributed by atoms with Crippen molar-refractivity contribution in [3.63, 3.8) is 0 Å². The van der Waals surface area contributed by atoms with E-state index < -0.39 is 23.4 Å². The highest BCUT2D eigenvalue weighted by molar-refractivity contribution is 5.94. The van der Waals surface area contributed by atoms with Crippen molar-refractivity contribution in [2.24, 2.45) is 0 Å². The third kappa shape index (κ3) is 3.71. The van der Waals surface area contributed by atoms with Crippen molar-refractivity contribution in [3.8, 4) is 5.69 Å². The number of carbonyl (C=O) groups is 2. The fraction of sp³-hybridized carbons (Fsp3) is 0.353. The summed E-state index contributed by atoms with van der Waals surface area (Å²) in [6.07, 6.45) is -2.11. The van der Waals surface area contributed by atoms with Crippen LogP contribution in [0.15, 0.2) is 30.5 Å². The van der Waals surface area contributed by atoms with Crippen LogP contribution in [0.5, 0.6) is 0 Å². The molecule has 1 aromatic carbocycles. The number of ether oxygens (including phenoxy) is 1. The molecule has 1 aromatic heterocycles. The van der Waals surface area contributed by atoms with Gasteiger partial charge < -0.3 is 10.1 Å². The average molecular weight is 367 g/mol. The molecule has 1 heterocycles. The molecule has 2 aromatic rings. The van der Waals surface area contributed by atoms with Crippen molar-refractivity contribution < 1.29 is 27.5 Å². The predicted molar refractivity (Wildman–Crippen MR) is 85.0 cm³/mol. The fourth-order valence-corrected chi connectivity index (χ4v) is 2.43. The van der Waals surface area contributed by atoms with Gasteiger partial charge in [-0.05, 0) is 44.0 Å². The Kier molecular flexibility index (Phi) is 4.71. The monoisotopic (exact) mass is 367 g/mol. The van der Waals surface area contributed by atoms with Gasteiger partial charge in [-0.25, -0.2) is 9.48 Å². The predicted octanol–water partition coefficient (Wildman–Crippen LogP) is 2.96. The Balaban J connectivity index is 1.93. The molecule has 3 rings (SSSR count). The molecule has 9 heteroatoms. The Morgan fingerprint density at radius 2 is 1.92 bits per heavy atom. The van der Waals surface area contributed by atoms with Crippen LogP contribution in [-0.2, 0) is 10.9 Å². The van der Waals surface area contributed by atoms with Crippen molar-refractivity contribution in [1.29, 1.82) is 0 Å². The van der Waals surface area contributed by atoms with Crippen molar-refractivity contribution >= 4 is 11.9 Å². The highest BCUT2D eigenvalue weighted by Gasteiger charge is 2.41. The van der Waals surface area contributed by atoms with Gasteiger partial charge in [0.1, 0.15) is 5.56 Å². The van der Waals surface area contributed by atoms with Crippen LogP contribution in [0.25, 0.3) is 5.69 Å². The quantitative estimate of drug-likeness (QED) is 0.825. The third-order valence-corrected chi connectivity index (χ3v) is 3.82. The third-order valence-electron chi connectivity index (χ3n) is 3.82. The van der Waals surface area contributed by atoms with Crippen LogP contribution in [-0.4, -0.2) is 34.3 Å². The van der Waals surface area contributed by atoms with E-state index in [0.29, 0.717) is 10.2 Å². The summed E-state index contributed by atoms with van der Waals surface area (Å²) >= 11 is 0. The number of alkyl halides is 3. The van der Waals surface area contributed by atoms with Crippen molar-refractivity contribution in [2.75, 3.05) is 6.61 Å². The number of amides is 1. The van der Waals surface area contributed by atoms with Crippen LogP contribution in [0.4, 0.5) is 13.2 Å². The number of hydrogen-bond acceptors (Lipinski definition) is 4. The number of nitrogens with one attached hydrogen (secondary N) is 1. The second-order valence-electron chi connectivity index (χ2n) is 5.83. The maximum atomic E-state index is 13.5. The summed E-state index contributed by atoms with van der Waals surface area (Å²) < 4.78 is 45.6. The van der Waals surface area contributed by atoms with Gasteiger partial charge in [0.2, 0.25) is 0 Å². The Bertz CT molecular complexity index is 824. The van der Waals surface area contributed by atoms with Gasteiger partial charge in [0.05, 0.1) is 18.5 Å². The molecule has 0 unspecified atom stereocenters. The van der Waals surface area contributed by atoms with Crippen LogP contribution in [0, 0.1) is 0 Å². The first-order chi connectivity index (χ1) is 12.3. The average Bonchev–Trinajstić information content (AvgIpc) is 3.27. The van der Waals surface area contributed by atoms with Gasteiger partial charge in [0, 0.05) is 11.6 Å². The van der Waals surface area contributed by atoms with Gasteiger partial charge in [-0.2, -0.15) is 18.3 Å². The molecular weight excluding hydrogens is 351 g/mol.